The van der Waals surface area contributed by atoms with Crippen LogP contribution < -0.4 is 0 Å². The highest BCUT2D eigenvalue weighted by Crippen LogP contribution is 2.44. The molecule has 0 amide bonds. The second kappa shape index (κ2) is 6.39. The maximum absolute atomic E-state index is 10.9. The van der Waals surface area contributed by atoms with Crippen molar-refractivity contribution in [2.75, 3.05) is 13.7 Å². The number of likely N-dealkylation sites (N-methyl/N-ethyl adjacent to an activating group) is 1. The van der Waals surface area contributed by atoms with Crippen LogP contribution in [-0.2, 0) is 0 Å². The Balaban J connectivity index is 1.98. The first-order valence-electron chi connectivity index (χ1n) is 7.44. The molecule has 0 aliphatic carbocycles. The van der Waals surface area contributed by atoms with E-state index < -0.39 is 6.10 Å². The third-order valence-electron chi connectivity index (χ3n) is 4.65. The Morgan fingerprint density at radius 1 is 1.00 bits per heavy atom. The molecule has 0 bridgehead atoms. The van der Waals surface area contributed by atoms with Gasteiger partial charge in [0.1, 0.15) is 0 Å². The third kappa shape index (κ3) is 2.66. The molecule has 1 aliphatic rings. The molecule has 22 heavy (non-hydrogen) atoms. The summed E-state index contributed by atoms with van der Waals surface area (Å²) >= 11 is 5.96. The lowest BCUT2D eigenvalue weighted by Gasteiger charge is -2.26. The highest BCUT2D eigenvalue weighted by molar-refractivity contribution is 6.30. The molecule has 1 aliphatic heterocycles. The molecule has 1 fully saturated rings. The van der Waals surface area contributed by atoms with Crippen LogP contribution >= 0.6 is 11.6 Å². The maximum Gasteiger partial charge on any atom is 0.0821 e. The molecule has 0 spiro atoms. The van der Waals surface area contributed by atoms with E-state index in [4.69, 9.17) is 11.6 Å². The van der Waals surface area contributed by atoms with E-state index in [0.717, 1.165) is 11.1 Å². The molecule has 3 nitrogen and oxygen atoms in total. The lowest BCUT2D eigenvalue weighted by atomic mass is 9.87. The topological polar surface area (TPSA) is 43.7 Å². The van der Waals surface area contributed by atoms with Crippen molar-refractivity contribution in [1.29, 1.82) is 0 Å². The zero-order valence-electron chi connectivity index (χ0n) is 12.4. The maximum atomic E-state index is 10.9. The fourth-order valence-corrected chi connectivity index (χ4v) is 3.68. The minimum Gasteiger partial charge on any atom is -0.395 e. The molecule has 0 aromatic heterocycles. The second-order valence-electron chi connectivity index (χ2n) is 5.84. The van der Waals surface area contributed by atoms with Crippen molar-refractivity contribution in [3.63, 3.8) is 0 Å². The Kier molecular flexibility index (Phi) is 4.50. The minimum atomic E-state index is -0.578. The molecule has 116 valence electrons. The van der Waals surface area contributed by atoms with Crippen LogP contribution in [0.2, 0.25) is 5.02 Å². The van der Waals surface area contributed by atoms with Crippen LogP contribution in [-0.4, -0.2) is 40.9 Å². The fraction of sp³-hybridized carbons (Fsp3) is 0.333. The van der Waals surface area contributed by atoms with E-state index in [1.807, 2.05) is 61.6 Å². The van der Waals surface area contributed by atoms with E-state index in [0.29, 0.717) is 5.02 Å². The number of benzene rings is 2. The summed E-state index contributed by atoms with van der Waals surface area (Å²) in [5.41, 5.74) is 2.06. The zero-order valence-corrected chi connectivity index (χ0v) is 13.2. The van der Waals surface area contributed by atoms with Gasteiger partial charge in [-0.15, -0.1) is 0 Å². The summed E-state index contributed by atoms with van der Waals surface area (Å²) in [5.74, 6) is -0.114. The van der Waals surface area contributed by atoms with Crippen LogP contribution in [0.3, 0.4) is 0 Å². The number of nitrogens with zero attached hydrogens (tertiary/aromatic N) is 1. The number of rotatable bonds is 3. The van der Waals surface area contributed by atoms with Crippen molar-refractivity contribution in [1.82, 2.24) is 4.90 Å². The molecule has 2 N–H and O–H groups in total. The molecule has 1 saturated heterocycles. The van der Waals surface area contributed by atoms with Gasteiger partial charge in [0.25, 0.3) is 0 Å². The Morgan fingerprint density at radius 2 is 1.64 bits per heavy atom. The molecule has 0 unspecified atom stereocenters. The Hall–Kier alpha value is -1.39. The number of aliphatic hydroxyl groups excluding tert-OH is 2. The molecule has 1 heterocycles. The second-order valence-corrected chi connectivity index (χ2v) is 6.28. The summed E-state index contributed by atoms with van der Waals surface area (Å²) in [6, 6.07) is 17.2. The van der Waals surface area contributed by atoms with E-state index in [2.05, 4.69) is 4.90 Å². The van der Waals surface area contributed by atoms with Crippen LogP contribution in [0.25, 0.3) is 0 Å². The molecule has 4 atom stereocenters. The molecule has 3 rings (SSSR count). The van der Waals surface area contributed by atoms with Gasteiger partial charge in [0.2, 0.25) is 0 Å². The van der Waals surface area contributed by atoms with Crippen molar-refractivity contribution in [3.05, 3.63) is 70.7 Å². The zero-order chi connectivity index (χ0) is 15.7. The third-order valence-corrected chi connectivity index (χ3v) is 4.90. The SMILES string of the molecule is CN1[C@H](CO)[C@@H](c2ccccc2)[C@H](O)[C@@H]1c1ccc(Cl)cc1. The Morgan fingerprint density at radius 3 is 2.23 bits per heavy atom. The van der Waals surface area contributed by atoms with Crippen molar-refractivity contribution in [2.24, 2.45) is 0 Å². The molecule has 4 heteroatoms. The van der Waals surface area contributed by atoms with Crippen molar-refractivity contribution < 1.29 is 10.2 Å². The van der Waals surface area contributed by atoms with Crippen molar-refractivity contribution >= 4 is 11.6 Å². The molecular formula is C18H20ClNO2. The molecule has 0 saturated carbocycles. The lowest BCUT2D eigenvalue weighted by Crippen LogP contribution is -2.33. The number of aliphatic hydroxyl groups is 2. The van der Waals surface area contributed by atoms with E-state index in [1.54, 1.807) is 0 Å². The monoisotopic (exact) mass is 317 g/mol. The van der Waals surface area contributed by atoms with Gasteiger partial charge in [-0.2, -0.15) is 0 Å². The standard InChI is InChI=1S/C18H20ClNO2/c1-20-15(11-21)16(12-5-3-2-4-6-12)18(22)17(20)13-7-9-14(19)10-8-13/h2-10,15-18,21-22H,11H2,1H3/t15-,16-,17+,18+/m1/s1. The molecule has 2 aromatic carbocycles. The van der Waals surface area contributed by atoms with Gasteiger partial charge in [-0.3, -0.25) is 4.90 Å². The predicted molar refractivity (Wildman–Crippen MR) is 88.0 cm³/mol. The van der Waals surface area contributed by atoms with Gasteiger partial charge in [-0.1, -0.05) is 54.1 Å². The Bertz CT molecular complexity index is 617. The Labute approximate surface area is 135 Å². The van der Waals surface area contributed by atoms with Gasteiger partial charge in [0.05, 0.1) is 18.8 Å². The van der Waals surface area contributed by atoms with Gasteiger partial charge in [0, 0.05) is 17.0 Å². The first-order chi connectivity index (χ1) is 10.6. The van der Waals surface area contributed by atoms with E-state index in [9.17, 15) is 10.2 Å². The van der Waals surface area contributed by atoms with Crippen molar-refractivity contribution in [3.8, 4) is 0 Å². The van der Waals surface area contributed by atoms with Gasteiger partial charge < -0.3 is 10.2 Å². The normalized spacial score (nSPS) is 28.9. The lowest BCUT2D eigenvalue weighted by molar-refractivity contribution is 0.114. The highest BCUT2D eigenvalue weighted by Gasteiger charge is 2.47. The van der Waals surface area contributed by atoms with Crippen LogP contribution in [0.15, 0.2) is 54.6 Å². The summed E-state index contributed by atoms with van der Waals surface area (Å²) in [6.07, 6.45) is -0.578. The summed E-state index contributed by atoms with van der Waals surface area (Å²) in [6.45, 7) is 0.0111. The molecule has 0 radical (unpaired) electrons. The summed E-state index contributed by atoms with van der Waals surface area (Å²) in [4.78, 5) is 2.06. The first kappa shape index (κ1) is 15.5. The largest absolute Gasteiger partial charge is 0.395 e. The van der Waals surface area contributed by atoms with Crippen LogP contribution in [0.4, 0.5) is 0 Å². The number of hydrogen-bond donors (Lipinski definition) is 2. The van der Waals surface area contributed by atoms with Crippen LogP contribution in [0.1, 0.15) is 23.1 Å². The van der Waals surface area contributed by atoms with Gasteiger partial charge in [-0.25, -0.2) is 0 Å². The fourth-order valence-electron chi connectivity index (χ4n) is 3.55. The van der Waals surface area contributed by atoms with E-state index in [-0.39, 0.29) is 24.6 Å². The molecular weight excluding hydrogens is 298 g/mol. The quantitative estimate of drug-likeness (QED) is 0.915. The smallest absolute Gasteiger partial charge is 0.0821 e. The van der Waals surface area contributed by atoms with Gasteiger partial charge in [0.15, 0.2) is 0 Å². The van der Waals surface area contributed by atoms with E-state index >= 15 is 0 Å². The van der Waals surface area contributed by atoms with Crippen molar-refractivity contribution in [2.45, 2.75) is 24.1 Å². The summed E-state index contributed by atoms with van der Waals surface area (Å²) < 4.78 is 0. The average Bonchev–Trinajstić information content (AvgIpc) is 2.79. The van der Waals surface area contributed by atoms with Crippen LogP contribution in [0.5, 0.6) is 0 Å². The number of halogens is 1. The van der Waals surface area contributed by atoms with Crippen LogP contribution in [0, 0.1) is 0 Å². The van der Waals surface area contributed by atoms with Gasteiger partial charge >= 0.3 is 0 Å². The average molecular weight is 318 g/mol. The van der Waals surface area contributed by atoms with E-state index in [1.165, 1.54) is 0 Å². The van der Waals surface area contributed by atoms with Gasteiger partial charge in [-0.05, 0) is 30.3 Å². The first-order valence-corrected chi connectivity index (χ1v) is 7.82. The highest BCUT2D eigenvalue weighted by atomic mass is 35.5. The number of hydrogen-bond acceptors (Lipinski definition) is 3. The minimum absolute atomic E-state index is 0.0111. The summed E-state index contributed by atoms with van der Waals surface area (Å²) in [5, 5.41) is 21.4. The number of likely N-dealkylation sites (tertiary alicyclic amines) is 1. The molecule has 2 aromatic rings. The summed E-state index contributed by atoms with van der Waals surface area (Å²) in [7, 11) is 1.95. The predicted octanol–water partition coefficient (Wildman–Crippen LogP) is 2.83.